The molecule has 0 aliphatic heterocycles. The van der Waals surface area contributed by atoms with Gasteiger partial charge >= 0.3 is 0 Å². The standard InChI is InChI=1S/C17H20N/c1-13(2)14-7-10-16(18-12-14)6-5-11-17(3,4)15-8-9-15/h7-10,12-13H,11H2,1-4H3. The molecule has 1 nitrogen and oxygen atoms in total. The Bertz CT molecular complexity index is 507. The Morgan fingerprint density at radius 3 is 2.50 bits per heavy atom. The summed E-state index contributed by atoms with van der Waals surface area (Å²) in [5.41, 5.74) is 3.73. The van der Waals surface area contributed by atoms with Crippen molar-refractivity contribution in [1.29, 1.82) is 0 Å². The van der Waals surface area contributed by atoms with Crippen molar-refractivity contribution in [2.45, 2.75) is 40.0 Å². The fourth-order valence-electron chi connectivity index (χ4n) is 1.77. The van der Waals surface area contributed by atoms with Gasteiger partial charge in [0.05, 0.1) is 0 Å². The minimum absolute atomic E-state index is 0.185. The molecule has 1 aliphatic carbocycles. The molecule has 1 radical (unpaired) electrons. The number of hydrogen-bond acceptors (Lipinski definition) is 1. The van der Waals surface area contributed by atoms with Crippen molar-refractivity contribution in [3.63, 3.8) is 0 Å². The third-order valence-electron chi connectivity index (χ3n) is 3.31. The van der Waals surface area contributed by atoms with E-state index in [0.29, 0.717) is 5.92 Å². The molecule has 1 heteroatoms. The van der Waals surface area contributed by atoms with Crippen LogP contribution >= 0.6 is 0 Å². The summed E-state index contributed by atoms with van der Waals surface area (Å²) in [6, 6.07) is 4.13. The summed E-state index contributed by atoms with van der Waals surface area (Å²) in [7, 11) is 0. The molecule has 18 heavy (non-hydrogen) atoms. The fourth-order valence-corrected chi connectivity index (χ4v) is 1.77. The molecule has 0 amide bonds. The van der Waals surface area contributed by atoms with Gasteiger partial charge in [0.2, 0.25) is 0 Å². The summed E-state index contributed by atoms with van der Waals surface area (Å²) in [4.78, 5) is 4.38. The highest BCUT2D eigenvalue weighted by Gasteiger charge is 2.27. The minimum atomic E-state index is 0.185. The summed E-state index contributed by atoms with van der Waals surface area (Å²) in [6.07, 6.45) is 7.13. The van der Waals surface area contributed by atoms with Gasteiger partial charge in [-0.05, 0) is 28.9 Å². The molecule has 1 aliphatic rings. The third kappa shape index (κ3) is 3.23. The van der Waals surface area contributed by atoms with Crippen LogP contribution in [0.1, 0.15) is 51.3 Å². The molecule has 1 heterocycles. The lowest BCUT2D eigenvalue weighted by atomic mass is 9.86. The maximum absolute atomic E-state index is 4.38. The van der Waals surface area contributed by atoms with E-state index >= 15 is 0 Å². The van der Waals surface area contributed by atoms with Gasteiger partial charge in [-0.1, -0.05) is 51.3 Å². The molecule has 0 N–H and O–H groups in total. The van der Waals surface area contributed by atoms with Gasteiger partial charge in [0.1, 0.15) is 5.69 Å². The molecule has 0 saturated carbocycles. The van der Waals surface area contributed by atoms with E-state index in [1.165, 1.54) is 11.1 Å². The molecule has 0 fully saturated rings. The zero-order chi connectivity index (χ0) is 13.2. The Morgan fingerprint density at radius 2 is 2.00 bits per heavy atom. The van der Waals surface area contributed by atoms with Crippen LogP contribution in [0, 0.1) is 23.7 Å². The Morgan fingerprint density at radius 1 is 1.28 bits per heavy atom. The zero-order valence-corrected chi connectivity index (χ0v) is 11.6. The Hall–Kier alpha value is -1.55. The normalized spacial score (nSPS) is 13.9. The largest absolute Gasteiger partial charge is 0.248 e. The minimum Gasteiger partial charge on any atom is -0.248 e. The van der Waals surface area contributed by atoms with Crippen LogP contribution in [0.15, 0.2) is 30.0 Å². The molecule has 0 spiro atoms. The molecule has 0 aromatic carbocycles. The van der Waals surface area contributed by atoms with E-state index in [0.717, 1.165) is 12.1 Å². The first-order valence-corrected chi connectivity index (χ1v) is 6.49. The van der Waals surface area contributed by atoms with Crippen molar-refractivity contribution >= 4 is 0 Å². The monoisotopic (exact) mass is 238 g/mol. The van der Waals surface area contributed by atoms with Crippen LogP contribution in [0.4, 0.5) is 0 Å². The lowest BCUT2D eigenvalue weighted by molar-refractivity contribution is 0.482. The van der Waals surface area contributed by atoms with E-state index in [-0.39, 0.29) is 5.41 Å². The maximum Gasteiger partial charge on any atom is 0.113 e. The average Bonchev–Trinajstić information content (AvgIpc) is 3.13. The first-order chi connectivity index (χ1) is 8.49. The summed E-state index contributed by atoms with van der Waals surface area (Å²) in [6.45, 7) is 8.80. The van der Waals surface area contributed by atoms with Crippen LogP contribution in [0.3, 0.4) is 0 Å². The van der Waals surface area contributed by atoms with Gasteiger partial charge in [0.15, 0.2) is 0 Å². The quantitative estimate of drug-likeness (QED) is 0.722. The lowest BCUT2D eigenvalue weighted by Crippen LogP contribution is -2.07. The van der Waals surface area contributed by atoms with E-state index < -0.39 is 0 Å². The first kappa shape index (κ1) is 12.9. The van der Waals surface area contributed by atoms with Crippen molar-refractivity contribution in [3.8, 4) is 11.8 Å². The van der Waals surface area contributed by atoms with Crippen molar-refractivity contribution in [3.05, 3.63) is 47.7 Å². The second-order valence-electron chi connectivity index (χ2n) is 5.78. The number of rotatable bonds is 3. The fraction of sp³-hybridized carbons (Fsp3) is 0.412. The molecule has 2 rings (SSSR count). The third-order valence-corrected chi connectivity index (χ3v) is 3.31. The van der Waals surface area contributed by atoms with Gasteiger partial charge in [-0.2, -0.15) is 0 Å². The predicted molar refractivity (Wildman–Crippen MR) is 76.0 cm³/mol. The number of aromatic nitrogens is 1. The molecular weight excluding hydrogens is 218 g/mol. The SMILES string of the molecule is CC(C)c1ccc(C#CCC(C)(C)C2=C[CH]2)nc1. The predicted octanol–water partition coefficient (Wildman–Crippen LogP) is 4.12. The molecule has 0 saturated heterocycles. The molecule has 0 atom stereocenters. The highest BCUT2D eigenvalue weighted by Crippen LogP contribution is 2.39. The van der Waals surface area contributed by atoms with Crippen LogP contribution in [-0.4, -0.2) is 4.98 Å². The topological polar surface area (TPSA) is 12.9 Å². The van der Waals surface area contributed by atoms with Crippen LogP contribution in [0.25, 0.3) is 0 Å². The molecule has 0 bridgehead atoms. The van der Waals surface area contributed by atoms with Gasteiger partial charge in [-0.25, -0.2) is 4.98 Å². The van der Waals surface area contributed by atoms with Crippen molar-refractivity contribution in [2.75, 3.05) is 0 Å². The second-order valence-corrected chi connectivity index (χ2v) is 5.78. The van der Waals surface area contributed by atoms with Gasteiger partial charge in [-0.3, -0.25) is 0 Å². The Kier molecular flexibility index (Phi) is 3.57. The molecule has 1 aromatic heterocycles. The van der Waals surface area contributed by atoms with E-state index in [2.05, 4.69) is 63.1 Å². The van der Waals surface area contributed by atoms with E-state index in [9.17, 15) is 0 Å². The van der Waals surface area contributed by atoms with Crippen LogP contribution in [0.5, 0.6) is 0 Å². The number of allylic oxidation sites excluding steroid dienone is 2. The number of pyridine rings is 1. The average molecular weight is 238 g/mol. The molecule has 93 valence electrons. The van der Waals surface area contributed by atoms with E-state index in [1.807, 2.05) is 12.3 Å². The van der Waals surface area contributed by atoms with E-state index in [4.69, 9.17) is 0 Å². The van der Waals surface area contributed by atoms with Crippen molar-refractivity contribution in [2.24, 2.45) is 5.41 Å². The number of hydrogen-bond donors (Lipinski definition) is 0. The molecular formula is C17H20N. The zero-order valence-electron chi connectivity index (χ0n) is 11.6. The Labute approximate surface area is 110 Å². The van der Waals surface area contributed by atoms with Crippen LogP contribution in [0.2, 0.25) is 0 Å². The Balaban J connectivity index is 1.99. The highest BCUT2D eigenvalue weighted by atomic mass is 14.7. The van der Waals surface area contributed by atoms with Crippen LogP contribution < -0.4 is 0 Å². The van der Waals surface area contributed by atoms with Gasteiger partial charge in [0, 0.05) is 19.0 Å². The summed E-state index contributed by atoms with van der Waals surface area (Å²) < 4.78 is 0. The number of nitrogens with zero attached hydrogens (tertiary/aromatic N) is 1. The summed E-state index contributed by atoms with van der Waals surface area (Å²) >= 11 is 0. The second kappa shape index (κ2) is 4.98. The van der Waals surface area contributed by atoms with Crippen molar-refractivity contribution in [1.82, 2.24) is 4.98 Å². The first-order valence-electron chi connectivity index (χ1n) is 6.49. The maximum atomic E-state index is 4.38. The van der Waals surface area contributed by atoms with Gasteiger partial charge in [-0.15, -0.1) is 0 Å². The molecule has 0 unspecified atom stereocenters. The lowest BCUT2D eigenvalue weighted by Gasteiger charge is -2.17. The highest BCUT2D eigenvalue weighted by molar-refractivity contribution is 5.44. The van der Waals surface area contributed by atoms with E-state index in [1.54, 1.807) is 0 Å². The summed E-state index contributed by atoms with van der Waals surface area (Å²) in [5.74, 6) is 6.91. The van der Waals surface area contributed by atoms with Crippen molar-refractivity contribution < 1.29 is 0 Å². The van der Waals surface area contributed by atoms with Crippen LogP contribution in [-0.2, 0) is 0 Å². The van der Waals surface area contributed by atoms with Gasteiger partial charge < -0.3 is 0 Å². The summed E-state index contributed by atoms with van der Waals surface area (Å²) in [5, 5.41) is 0. The smallest absolute Gasteiger partial charge is 0.113 e. The van der Waals surface area contributed by atoms with Gasteiger partial charge in [0.25, 0.3) is 0 Å². The molecule has 1 aromatic rings.